The van der Waals surface area contributed by atoms with Crippen molar-refractivity contribution >= 4 is 45.3 Å². The van der Waals surface area contributed by atoms with Crippen LogP contribution in [-0.4, -0.2) is 7.05 Å². The van der Waals surface area contributed by atoms with Crippen LogP contribution >= 0.6 is 33.9 Å². The van der Waals surface area contributed by atoms with Crippen molar-refractivity contribution in [1.82, 2.24) is 0 Å². The van der Waals surface area contributed by atoms with Gasteiger partial charge in [-0.3, -0.25) is 0 Å². The lowest BCUT2D eigenvalue weighted by atomic mass is 10.2. The van der Waals surface area contributed by atoms with Gasteiger partial charge in [-0.15, -0.1) is 0 Å². The van der Waals surface area contributed by atoms with Crippen molar-refractivity contribution in [2.24, 2.45) is 0 Å². The Labute approximate surface area is 117 Å². The molecule has 0 saturated carbocycles. The van der Waals surface area contributed by atoms with E-state index in [1.807, 2.05) is 39.9 Å². The molecule has 90 valence electrons. The Morgan fingerprint density at radius 1 is 1.47 bits per heavy atom. The molecular formula is C12H12FIN2S. The van der Waals surface area contributed by atoms with E-state index in [1.54, 1.807) is 17.4 Å². The van der Waals surface area contributed by atoms with Gasteiger partial charge in [0.15, 0.2) is 0 Å². The lowest BCUT2D eigenvalue weighted by Crippen LogP contribution is -2.17. The van der Waals surface area contributed by atoms with Gasteiger partial charge in [0.05, 0.1) is 14.9 Å². The predicted octanol–water partition coefficient (Wildman–Crippen LogP) is 3.71. The van der Waals surface area contributed by atoms with Crippen LogP contribution in [0.25, 0.3) is 0 Å². The summed E-state index contributed by atoms with van der Waals surface area (Å²) >= 11 is 3.59. The second-order valence-corrected chi connectivity index (χ2v) is 5.76. The molecule has 2 rings (SSSR count). The van der Waals surface area contributed by atoms with Crippen LogP contribution in [-0.2, 0) is 6.54 Å². The molecular weight excluding hydrogens is 350 g/mol. The standard InChI is InChI=1S/C12H12FIN2S/c1-16(6-8-2-3-17-7-8)12-4-9(13)10(14)5-11(12)15/h2-5,7H,6,15H2,1H3. The molecule has 2 aromatic rings. The van der Waals surface area contributed by atoms with Gasteiger partial charge >= 0.3 is 0 Å². The van der Waals surface area contributed by atoms with Gasteiger partial charge in [-0.05, 0) is 51.0 Å². The quantitative estimate of drug-likeness (QED) is 0.666. The Hall–Kier alpha value is -0.820. The number of rotatable bonds is 3. The average Bonchev–Trinajstić information content (AvgIpc) is 2.76. The van der Waals surface area contributed by atoms with Gasteiger partial charge in [-0.1, -0.05) is 0 Å². The van der Waals surface area contributed by atoms with Crippen molar-refractivity contribution in [2.45, 2.75) is 6.54 Å². The molecule has 2 N–H and O–H groups in total. The van der Waals surface area contributed by atoms with Gasteiger partial charge in [0, 0.05) is 19.7 Å². The first-order valence-corrected chi connectivity index (χ1v) is 7.07. The van der Waals surface area contributed by atoms with E-state index in [4.69, 9.17) is 5.73 Å². The minimum absolute atomic E-state index is 0.230. The maximum atomic E-state index is 13.5. The smallest absolute Gasteiger partial charge is 0.138 e. The largest absolute Gasteiger partial charge is 0.397 e. The molecule has 1 aromatic carbocycles. The first-order valence-electron chi connectivity index (χ1n) is 5.04. The second kappa shape index (κ2) is 5.22. The van der Waals surface area contributed by atoms with E-state index in [-0.39, 0.29) is 5.82 Å². The fraction of sp³-hybridized carbons (Fsp3) is 0.167. The molecule has 1 aromatic heterocycles. The first kappa shape index (κ1) is 12.6. The van der Waals surface area contributed by atoms with Crippen molar-refractivity contribution in [1.29, 1.82) is 0 Å². The van der Waals surface area contributed by atoms with E-state index in [1.165, 1.54) is 11.6 Å². The average molecular weight is 362 g/mol. The fourth-order valence-corrected chi connectivity index (χ4v) is 2.77. The second-order valence-electron chi connectivity index (χ2n) is 3.81. The summed E-state index contributed by atoms with van der Waals surface area (Å²) in [5, 5.41) is 4.11. The van der Waals surface area contributed by atoms with Crippen LogP contribution in [0.5, 0.6) is 0 Å². The summed E-state index contributed by atoms with van der Waals surface area (Å²) < 4.78 is 14.1. The van der Waals surface area contributed by atoms with E-state index in [2.05, 4.69) is 11.4 Å². The number of hydrogen-bond donors (Lipinski definition) is 1. The minimum Gasteiger partial charge on any atom is -0.397 e. The van der Waals surface area contributed by atoms with Crippen LogP contribution in [0.15, 0.2) is 29.0 Å². The van der Waals surface area contributed by atoms with Crippen LogP contribution in [0.2, 0.25) is 0 Å². The summed E-state index contributed by atoms with van der Waals surface area (Å²) in [7, 11) is 1.91. The van der Waals surface area contributed by atoms with Gasteiger partial charge < -0.3 is 10.6 Å². The number of hydrogen-bond acceptors (Lipinski definition) is 3. The number of nitrogens with two attached hydrogens (primary N) is 1. The van der Waals surface area contributed by atoms with Crippen LogP contribution < -0.4 is 10.6 Å². The molecule has 0 bridgehead atoms. The van der Waals surface area contributed by atoms with Gasteiger partial charge in [0.2, 0.25) is 0 Å². The van der Waals surface area contributed by atoms with E-state index < -0.39 is 0 Å². The third-order valence-electron chi connectivity index (χ3n) is 2.48. The molecule has 0 saturated heterocycles. The van der Waals surface area contributed by atoms with Gasteiger partial charge in [0.1, 0.15) is 5.82 Å². The van der Waals surface area contributed by atoms with Gasteiger partial charge in [0.25, 0.3) is 0 Å². The molecule has 0 amide bonds. The van der Waals surface area contributed by atoms with E-state index in [0.29, 0.717) is 9.26 Å². The minimum atomic E-state index is -0.230. The highest BCUT2D eigenvalue weighted by atomic mass is 127. The maximum Gasteiger partial charge on any atom is 0.138 e. The maximum absolute atomic E-state index is 13.5. The lowest BCUT2D eigenvalue weighted by Gasteiger charge is -2.21. The molecule has 0 fully saturated rings. The molecule has 17 heavy (non-hydrogen) atoms. The lowest BCUT2D eigenvalue weighted by molar-refractivity contribution is 0.620. The van der Waals surface area contributed by atoms with Crippen molar-refractivity contribution in [2.75, 3.05) is 17.7 Å². The van der Waals surface area contributed by atoms with Gasteiger partial charge in [-0.2, -0.15) is 11.3 Å². The third-order valence-corrected chi connectivity index (χ3v) is 4.04. The Balaban J connectivity index is 2.24. The molecule has 1 heterocycles. The molecule has 5 heteroatoms. The van der Waals surface area contributed by atoms with Crippen molar-refractivity contribution in [3.8, 4) is 0 Å². The van der Waals surface area contributed by atoms with Crippen LogP contribution in [0.1, 0.15) is 5.56 Å². The zero-order chi connectivity index (χ0) is 12.4. The SMILES string of the molecule is CN(Cc1ccsc1)c1cc(F)c(I)cc1N. The molecule has 0 aliphatic carbocycles. The third kappa shape index (κ3) is 2.90. The first-order chi connectivity index (χ1) is 8.08. The number of anilines is 2. The highest BCUT2D eigenvalue weighted by Gasteiger charge is 2.10. The summed E-state index contributed by atoms with van der Waals surface area (Å²) in [5.41, 5.74) is 8.45. The van der Waals surface area contributed by atoms with Crippen molar-refractivity contribution in [3.63, 3.8) is 0 Å². The summed E-state index contributed by atoms with van der Waals surface area (Å²) in [4.78, 5) is 1.95. The molecule has 0 spiro atoms. The zero-order valence-electron chi connectivity index (χ0n) is 9.28. The Kier molecular flexibility index (Phi) is 3.88. The number of thiophene rings is 1. The predicted molar refractivity (Wildman–Crippen MR) is 80.0 cm³/mol. The van der Waals surface area contributed by atoms with Crippen LogP contribution in [0.3, 0.4) is 0 Å². The summed E-state index contributed by atoms with van der Waals surface area (Å²) in [6.07, 6.45) is 0. The van der Waals surface area contributed by atoms with E-state index >= 15 is 0 Å². The summed E-state index contributed by atoms with van der Waals surface area (Å²) in [6, 6.07) is 5.21. The monoisotopic (exact) mass is 362 g/mol. The molecule has 0 aliphatic rings. The zero-order valence-corrected chi connectivity index (χ0v) is 12.3. The number of nitrogens with zero attached hydrogens (tertiary/aromatic N) is 1. The highest BCUT2D eigenvalue weighted by Crippen LogP contribution is 2.28. The van der Waals surface area contributed by atoms with Crippen molar-refractivity contribution in [3.05, 3.63) is 43.9 Å². The molecule has 0 aliphatic heterocycles. The topological polar surface area (TPSA) is 29.3 Å². The Bertz CT molecular complexity index is 513. The summed E-state index contributed by atoms with van der Waals surface area (Å²) in [6.45, 7) is 0.730. The number of halogens is 2. The van der Waals surface area contributed by atoms with Crippen LogP contribution in [0.4, 0.5) is 15.8 Å². The number of nitrogen functional groups attached to an aromatic ring is 1. The summed E-state index contributed by atoms with van der Waals surface area (Å²) in [5.74, 6) is -0.230. The highest BCUT2D eigenvalue weighted by molar-refractivity contribution is 14.1. The van der Waals surface area contributed by atoms with E-state index in [9.17, 15) is 4.39 Å². The Morgan fingerprint density at radius 3 is 2.88 bits per heavy atom. The van der Waals surface area contributed by atoms with Gasteiger partial charge in [-0.25, -0.2) is 4.39 Å². The van der Waals surface area contributed by atoms with E-state index in [0.717, 1.165) is 12.2 Å². The fourth-order valence-electron chi connectivity index (χ4n) is 1.62. The molecule has 2 nitrogen and oxygen atoms in total. The normalized spacial score (nSPS) is 10.5. The molecule has 0 unspecified atom stereocenters. The number of benzene rings is 1. The molecule has 0 radical (unpaired) electrons. The van der Waals surface area contributed by atoms with Crippen LogP contribution in [0, 0.1) is 9.39 Å². The van der Waals surface area contributed by atoms with Crippen molar-refractivity contribution < 1.29 is 4.39 Å². The Morgan fingerprint density at radius 2 is 2.24 bits per heavy atom. The molecule has 0 atom stereocenters.